The maximum atomic E-state index is 5.75. The third-order valence-electron chi connectivity index (χ3n) is 4.61. The highest BCUT2D eigenvalue weighted by Crippen LogP contribution is 2.46. The van der Waals surface area contributed by atoms with Crippen LogP contribution >= 0.6 is 11.3 Å². The molecule has 6 nitrogen and oxygen atoms in total. The number of benzene rings is 3. The molecule has 1 heterocycles. The second kappa shape index (κ2) is 7.97. The number of ether oxygens (including phenoxy) is 4. The zero-order chi connectivity index (χ0) is 20.4. The van der Waals surface area contributed by atoms with E-state index in [4.69, 9.17) is 18.9 Å². The van der Waals surface area contributed by atoms with Crippen molar-refractivity contribution in [2.75, 3.05) is 28.4 Å². The molecule has 0 aliphatic rings. The van der Waals surface area contributed by atoms with Gasteiger partial charge in [-0.3, -0.25) is 0 Å². The Balaban J connectivity index is 1.91. The zero-order valence-corrected chi connectivity index (χ0v) is 17.4. The van der Waals surface area contributed by atoms with Crippen molar-refractivity contribution < 1.29 is 18.9 Å². The minimum Gasteiger partial charge on any atom is -0.496 e. The summed E-state index contributed by atoms with van der Waals surface area (Å²) in [6.07, 6.45) is 1.73. The van der Waals surface area contributed by atoms with Gasteiger partial charge in [-0.15, -0.1) is 0 Å². The highest BCUT2D eigenvalue weighted by atomic mass is 32.1. The average Bonchev–Trinajstić information content (AvgIpc) is 3.19. The molecule has 3 aromatic carbocycles. The van der Waals surface area contributed by atoms with E-state index in [-0.39, 0.29) is 0 Å². The molecule has 0 N–H and O–H groups in total. The Labute approximate surface area is 172 Å². The van der Waals surface area contributed by atoms with Gasteiger partial charge in [0.25, 0.3) is 0 Å². The summed E-state index contributed by atoms with van der Waals surface area (Å²) in [6, 6.07) is 13.5. The Morgan fingerprint density at radius 2 is 1.52 bits per heavy atom. The number of aromatic nitrogens is 1. The number of para-hydroxylation sites is 1. The molecule has 7 heteroatoms. The lowest BCUT2D eigenvalue weighted by atomic mass is 10.0. The third-order valence-corrected chi connectivity index (χ3v) is 5.56. The fourth-order valence-corrected chi connectivity index (χ4v) is 4.13. The Kier molecular flexibility index (Phi) is 5.22. The SMILES string of the molecule is COc1ccc(OC)c2c(OC)c(C=Nc3nc4ccccc4s3)cc(OC)c12. The number of thiazole rings is 1. The summed E-state index contributed by atoms with van der Waals surface area (Å²) in [5, 5.41) is 2.22. The third kappa shape index (κ3) is 3.34. The Hall–Kier alpha value is -3.32. The maximum Gasteiger partial charge on any atom is 0.210 e. The summed E-state index contributed by atoms with van der Waals surface area (Å²) in [4.78, 5) is 9.13. The van der Waals surface area contributed by atoms with Crippen molar-refractivity contribution in [3.05, 3.63) is 48.0 Å². The van der Waals surface area contributed by atoms with Crippen LogP contribution < -0.4 is 18.9 Å². The van der Waals surface area contributed by atoms with Crippen LogP contribution in [-0.4, -0.2) is 39.6 Å². The molecule has 0 spiro atoms. The molecule has 29 heavy (non-hydrogen) atoms. The summed E-state index contributed by atoms with van der Waals surface area (Å²) < 4.78 is 23.6. The molecule has 0 aliphatic heterocycles. The Morgan fingerprint density at radius 1 is 0.828 bits per heavy atom. The molecule has 0 unspecified atom stereocenters. The quantitative estimate of drug-likeness (QED) is 0.409. The molecule has 4 rings (SSSR count). The van der Waals surface area contributed by atoms with Crippen LogP contribution in [0.15, 0.2) is 47.5 Å². The molecule has 0 saturated heterocycles. The van der Waals surface area contributed by atoms with Gasteiger partial charge in [-0.05, 0) is 30.3 Å². The van der Waals surface area contributed by atoms with Gasteiger partial charge in [0.2, 0.25) is 5.13 Å². The van der Waals surface area contributed by atoms with Crippen LogP contribution in [0.2, 0.25) is 0 Å². The van der Waals surface area contributed by atoms with Crippen LogP contribution in [0.1, 0.15) is 5.56 Å². The normalized spacial score (nSPS) is 11.3. The number of nitrogens with zero attached hydrogens (tertiary/aromatic N) is 2. The van der Waals surface area contributed by atoms with Crippen LogP contribution in [0.4, 0.5) is 5.13 Å². The van der Waals surface area contributed by atoms with Crippen molar-refractivity contribution in [1.29, 1.82) is 0 Å². The van der Waals surface area contributed by atoms with Crippen LogP contribution in [0.25, 0.3) is 21.0 Å². The molecule has 0 amide bonds. The second-order valence-electron chi connectivity index (χ2n) is 6.14. The van der Waals surface area contributed by atoms with Crippen LogP contribution in [-0.2, 0) is 0 Å². The predicted molar refractivity (Wildman–Crippen MR) is 117 cm³/mol. The number of aliphatic imine (C=N–C) groups is 1. The molecule has 0 atom stereocenters. The first-order chi connectivity index (χ1) is 14.2. The number of fused-ring (bicyclic) bond motifs is 2. The maximum absolute atomic E-state index is 5.75. The standard InChI is InChI=1S/C22H20N2O4S/c1-25-15-9-10-16(26-2)20-19(15)17(27-3)11-13(21(20)28-4)12-23-22-24-14-7-5-6-8-18(14)29-22/h5-12H,1-4H3. The number of hydrogen-bond acceptors (Lipinski definition) is 7. The van der Waals surface area contributed by atoms with Crippen LogP contribution in [0, 0.1) is 0 Å². The lowest BCUT2D eigenvalue weighted by Gasteiger charge is -2.17. The molecule has 0 saturated carbocycles. The van der Waals surface area contributed by atoms with Gasteiger partial charge in [-0.2, -0.15) is 0 Å². The van der Waals surface area contributed by atoms with Gasteiger partial charge in [0.15, 0.2) is 0 Å². The van der Waals surface area contributed by atoms with Gasteiger partial charge in [0.1, 0.15) is 23.0 Å². The fraction of sp³-hybridized carbons (Fsp3) is 0.182. The monoisotopic (exact) mass is 408 g/mol. The molecule has 0 bridgehead atoms. The van der Waals surface area contributed by atoms with Gasteiger partial charge in [-0.1, -0.05) is 23.5 Å². The van der Waals surface area contributed by atoms with Crippen molar-refractivity contribution in [3.8, 4) is 23.0 Å². The highest BCUT2D eigenvalue weighted by Gasteiger charge is 2.20. The molecule has 148 valence electrons. The second-order valence-corrected chi connectivity index (χ2v) is 7.15. The molecule has 0 radical (unpaired) electrons. The Bertz CT molecular complexity index is 1180. The van der Waals surface area contributed by atoms with E-state index in [9.17, 15) is 0 Å². The molecule has 0 aliphatic carbocycles. The van der Waals surface area contributed by atoms with Gasteiger partial charge in [0.05, 0.1) is 49.4 Å². The smallest absolute Gasteiger partial charge is 0.210 e. The lowest BCUT2D eigenvalue weighted by Crippen LogP contribution is -1.99. The van der Waals surface area contributed by atoms with Gasteiger partial charge in [-0.25, -0.2) is 9.98 Å². The Morgan fingerprint density at radius 3 is 2.17 bits per heavy atom. The van der Waals surface area contributed by atoms with Crippen molar-refractivity contribution in [2.45, 2.75) is 0 Å². The van der Waals surface area contributed by atoms with Crippen LogP contribution in [0.3, 0.4) is 0 Å². The number of rotatable bonds is 6. The molecule has 1 aromatic heterocycles. The summed E-state index contributed by atoms with van der Waals surface area (Å²) >= 11 is 1.53. The van der Waals surface area contributed by atoms with Gasteiger partial charge in [0, 0.05) is 11.8 Å². The minimum absolute atomic E-state index is 0.626. The fourth-order valence-electron chi connectivity index (χ4n) is 3.31. The largest absolute Gasteiger partial charge is 0.496 e. The van der Waals surface area contributed by atoms with E-state index in [1.807, 2.05) is 42.5 Å². The van der Waals surface area contributed by atoms with E-state index in [0.29, 0.717) is 28.1 Å². The van der Waals surface area contributed by atoms with Crippen molar-refractivity contribution >= 4 is 43.7 Å². The van der Waals surface area contributed by atoms with E-state index in [0.717, 1.165) is 26.6 Å². The van der Waals surface area contributed by atoms with E-state index < -0.39 is 0 Å². The first kappa shape index (κ1) is 19.0. The molecular weight excluding hydrogens is 388 g/mol. The topological polar surface area (TPSA) is 62.2 Å². The lowest BCUT2D eigenvalue weighted by molar-refractivity contribution is 0.392. The average molecular weight is 408 g/mol. The van der Waals surface area contributed by atoms with Crippen molar-refractivity contribution in [1.82, 2.24) is 4.98 Å². The predicted octanol–water partition coefficient (Wildman–Crippen LogP) is 5.23. The van der Waals surface area contributed by atoms with Crippen molar-refractivity contribution in [3.63, 3.8) is 0 Å². The highest BCUT2D eigenvalue weighted by molar-refractivity contribution is 7.22. The first-order valence-corrected chi connectivity index (χ1v) is 9.71. The van der Waals surface area contributed by atoms with Crippen molar-refractivity contribution in [2.24, 2.45) is 4.99 Å². The van der Waals surface area contributed by atoms with Crippen LogP contribution in [0.5, 0.6) is 23.0 Å². The van der Waals surface area contributed by atoms with E-state index in [1.165, 1.54) is 11.3 Å². The van der Waals surface area contributed by atoms with Gasteiger partial charge < -0.3 is 18.9 Å². The van der Waals surface area contributed by atoms with Gasteiger partial charge >= 0.3 is 0 Å². The number of hydrogen-bond donors (Lipinski definition) is 0. The molecule has 4 aromatic rings. The first-order valence-electron chi connectivity index (χ1n) is 8.89. The summed E-state index contributed by atoms with van der Waals surface area (Å²) in [6.45, 7) is 0. The summed E-state index contributed by atoms with van der Waals surface area (Å²) in [7, 11) is 6.48. The van der Waals surface area contributed by atoms with E-state index in [1.54, 1.807) is 34.7 Å². The summed E-state index contributed by atoms with van der Waals surface area (Å²) in [5.41, 5.74) is 1.68. The molecular formula is C22H20N2O4S. The van der Waals surface area contributed by atoms with E-state index >= 15 is 0 Å². The minimum atomic E-state index is 0.626. The zero-order valence-electron chi connectivity index (χ0n) is 16.6. The molecule has 0 fully saturated rings. The summed E-state index contributed by atoms with van der Waals surface area (Å²) in [5.74, 6) is 2.60. The number of methoxy groups -OCH3 is 4. The van der Waals surface area contributed by atoms with E-state index in [2.05, 4.69) is 9.98 Å².